The van der Waals surface area contributed by atoms with E-state index in [1.807, 2.05) is 32.7 Å². The van der Waals surface area contributed by atoms with E-state index in [1.165, 1.54) is 0 Å². The van der Waals surface area contributed by atoms with Crippen LogP contribution in [0.25, 0.3) is 0 Å². The fourth-order valence-electron chi connectivity index (χ4n) is 3.55. The number of guanidine groups is 1. The molecule has 1 amide bonds. The molecule has 2 saturated heterocycles. The molecule has 158 valence electrons. The third-order valence-corrected chi connectivity index (χ3v) is 4.85. The van der Waals surface area contributed by atoms with E-state index in [0.29, 0.717) is 11.8 Å². The first-order valence-electron chi connectivity index (χ1n) is 9.76. The number of nitrogens with one attached hydrogen (secondary N) is 1. The number of hydrogen-bond acceptors (Lipinski definition) is 4. The van der Waals surface area contributed by atoms with Crippen LogP contribution in [0.5, 0.6) is 0 Å². The van der Waals surface area contributed by atoms with E-state index in [9.17, 15) is 4.79 Å². The van der Waals surface area contributed by atoms with E-state index in [0.717, 1.165) is 64.6 Å². The van der Waals surface area contributed by atoms with Crippen molar-refractivity contribution in [2.45, 2.75) is 45.6 Å². The maximum Gasteiger partial charge on any atom is 0.410 e. The molecule has 2 atom stereocenters. The summed E-state index contributed by atoms with van der Waals surface area (Å²) in [5.74, 6) is 1.90. The van der Waals surface area contributed by atoms with Gasteiger partial charge in [0.2, 0.25) is 0 Å². The molecule has 0 spiro atoms. The summed E-state index contributed by atoms with van der Waals surface area (Å²) in [6.07, 6.45) is 3.04. The number of rotatable bonds is 4. The molecule has 2 unspecified atom stereocenters. The first-order chi connectivity index (χ1) is 12.3. The van der Waals surface area contributed by atoms with Gasteiger partial charge in [-0.05, 0) is 46.0 Å². The van der Waals surface area contributed by atoms with Gasteiger partial charge in [0, 0.05) is 52.8 Å². The highest BCUT2D eigenvalue weighted by atomic mass is 127. The van der Waals surface area contributed by atoms with Gasteiger partial charge in [-0.25, -0.2) is 4.79 Å². The van der Waals surface area contributed by atoms with E-state index in [1.54, 1.807) is 0 Å². The maximum atomic E-state index is 12.3. The zero-order valence-corrected chi connectivity index (χ0v) is 19.8. The van der Waals surface area contributed by atoms with Gasteiger partial charge in [0.1, 0.15) is 5.60 Å². The number of nitrogens with zero attached hydrogens (tertiary/aromatic N) is 3. The average Bonchev–Trinajstić information content (AvgIpc) is 3.07. The topological polar surface area (TPSA) is 66.4 Å². The summed E-state index contributed by atoms with van der Waals surface area (Å²) in [6.45, 7) is 10.7. The highest BCUT2D eigenvalue weighted by Gasteiger charge is 2.28. The van der Waals surface area contributed by atoms with Crippen molar-refractivity contribution in [2.75, 3.05) is 53.5 Å². The smallest absolute Gasteiger partial charge is 0.410 e. The number of carbonyl (C=O) groups is 1. The molecule has 2 aliphatic rings. The molecule has 27 heavy (non-hydrogen) atoms. The third kappa shape index (κ3) is 8.41. The zero-order chi connectivity index (χ0) is 19.2. The number of hydrogen-bond donors (Lipinski definition) is 1. The van der Waals surface area contributed by atoms with Gasteiger partial charge in [0.15, 0.2) is 5.96 Å². The number of likely N-dealkylation sites (tertiary alicyclic amines) is 1. The summed E-state index contributed by atoms with van der Waals surface area (Å²) in [7, 11) is 3.89. The zero-order valence-electron chi connectivity index (χ0n) is 17.5. The second-order valence-electron chi connectivity index (χ2n) is 8.47. The molecule has 1 N–H and O–H groups in total. The number of aliphatic imine (C=N–C) groups is 1. The molecule has 2 fully saturated rings. The van der Waals surface area contributed by atoms with Crippen molar-refractivity contribution < 1.29 is 14.3 Å². The molecule has 0 aromatic carbocycles. The van der Waals surface area contributed by atoms with Crippen LogP contribution in [0.1, 0.15) is 40.0 Å². The number of ether oxygens (including phenoxy) is 2. The predicted octanol–water partition coefficient (Wildman–Crippen LogP) is 2.80. The lowest BCUT2D eigenvalue weighted by Crippen LogP contribution is -2.48. The van der Waals surface area contributed by atoms with E-state index in [-0.39, 0.29) is 30.1 Å². The Labute approximate surface area is 181 Å². The number of piperidine rings is 1. The monoisotopic (exact) mass is 496 g/mol. The van der Waals surface area contributed by atoms with E-state index in [2.05, 4.69) is 22.3 Å². The second-order valence-corrected chi connectivity index (χ2v) is 8.47. The van der Waals surface area contributed by atoms with Crippen molar-refractivity contribution in [3.63, 3.8) is 0 Å². The minimum Gasteiger partial charge on any atom is -0.444 e. The van der Waals surface area contributed by atoms with Gasteiger partial charge in [-0.2, -0.15) is 0 Å². The summed E-state index contributed by atoms with van der Waals surface area (Å²) < 4.78 is 11.0. The first-order valence-corrected chi connectivity index (χ1v) is 9.76. The minimum atomic E-state index is -0.447. The molecular weight excluding hydrogens is 459 g/mol. The van der Waals surface area contributed by atoms with Crippen molar-refractivity contribution in [1.29, 1.82) is 0 Å². The third-order valence-electron chi connectivity index (χ3n) is 4.85. The van der Waals surface area contributed by atoms with Crippen molar-refractivity contribution in [1.82, 2.24) is 15.1 Å². The van der Waals surface area contributed by atoms with Crippen LogP contribution in [0.3, 0.4) is 0 Å². The van der Waals surface area contributed by atoms with E-state index < -0.39 is 5.60 Å². The Kier molecular flexibility index (Phi) is 10.1. The highest BCUT2D eigenvalue weighted by Crippen LogP contribution is 2.19. The summed E-state index contributed by atoms with van der Waals surface area (Å²) in [5.41, 5.74) is -0.447. The fourth-order valence-corrected chi connectivity index (χ4v) is 3.55. The summed E-state index contributed by atoms with van der Waals surface area (Å²) in [5, 5.41) is 3.48. The molecular formula is C19H37IN4O3. The van der Waals surface area contributed by atoms with E-state index >= 15 is 0 Å². The summed E-state index contributed by atoms with van der Waals surface area (Å²) in [4.78, 5) is 20.7. The summed E-state index contributed by atoms with van der Waals surface area (Å²) >= 11 is 0. The molecule has 0 bridgehead atoms. The largest absolute Gasteiger partial charge is 0.444 e. The first kappa shape index (κ1) is 24.3. The Bertz CT molecular complexity index is 490. The van der Waals surface area contributed by atoms with Crippen LogP contribution in [0.2, 0.25) is 0 Å². The van der Waals surface area contributed by atoms with Crippen LogP contribution < -0.4 is 5.32 Å². The standard InChI is InChI=1S/C19H36N4O3.HI/c1-19(2,3)26-18(24)23-9-6-7-15(13-23)11-21-17(20-4)22(5)12-16-8-10-25-14-16;/h15-16H,6-14H2,1-5H3,(H,20,21);1H. The Balaban J connectivity index is 0.00000364. The maximum absolute atomic E-state index is 12.3. The lowest BCUT2D eigenvalue weighted by molar-refractivity contribution is 0.0168. The summed E-state index contributed by atoms with van der Waals surface area (Å²) in [6, 6.07) is 0. The van der Waals surface area contributed by atoms with Crippen LogP contribution in [0.15, 0.2) is 4.99 Å². The quantitative estimate of drug-likeness (QED) is 0.369. The average molecular weight is 496 g/mol. The molecule has 2 rings (SSSR count). The highest BCUT2D eigenvalue weighted by molar-refractivity contribution is 14.0. The lowest BCUT2D eigenvalue weighted by atomic mass is 9.98. The molecule has 0 aliphatic carbocycles. The van der Waals surface area contributed by atoms with Gasteiger partial charge in [0.25, 0.3) is 0 Å². The predicted molar refractivity (Wildman–Crippen MR) is 119 cm³/mol. The molecule has 2 heterocycles. The molecule has 0 aromatic rings. The van der Waals surface area contributed by atoms with Crippen LogP contribution in [-0.4, -0.2) is 80.9 Å². The van der Waals surface area contributed by atoms with Crippen molar-refractivity contribution in [2.24, 2.45) is 16.8 Å². The van der Waals surface area contributed by atoms with Crippen molar-refractivity contribution >= 4 is 36.0 Å². The van der Waals surface area contributed by atoms with Crippen LogP contribution >= 0.6 is 24.0 Å². The number of halogens is 1. The van der Waals surface area contributed by atoms with Crippen molar-refractivity contribution in [3.8, 4) is 0 Å². The molecule has 0 saturated carbocycles. The van der Waals surface area contributed by atoms with Crippen molar-refractivity contribution in [3.05, 3.63) is 0 Å². The van der Waals surface area contributed by atoms with Crippen LogP contribution in [0.4, 0.5) is 4.79 Å². The van der Waals surface area contributed by atoms with Crippen LogP contribution in [-0.2, 0) is 9.47 Å². The second kappa shape index (κ2) is 11.3. The minimum absolute atomic E-state index is 0. The molecule has 0 radical (unpaired) electrons. The van der Waals surface area contributed by atoms with Gasteiger partial charge < -0.3 is 24.6 Å². The van der Waals surface area contributed by atoms with E-state index in [4.69, 9.17) is 9.47 Å². The fraction of sp³-hybridized carbons (Fsp3) is 0.895. The van der Waals surface area contributed by atoms with Gasteiger partial charge >= 0.3 is 6.09 Å². The van der Waals surface area contributed by atoms with Gasteiger partial charge in [-0.1, -0.05) is 0 Å². The Morgan fingerprint density at radius 3 is 2.67 bits per heavy atom. The van der Waals surface area contributed by atoms with Gasteiger partial charge in [-0.15, -0.1) is 24.0 Å². The molecule has 0 aromatic heterocycles. The Morgan fingerprint density at radius 1 is 1.33 bits per heavy atom. The Hall–Kier alpha value is -0.770. The normalized spacial score (nSPS) is 23.6. The SMILES string of the molecule is CN=C(NCC1CCCN(C(=O)OC(C)(C)C)C1)N(C)CC1CCOC1.I. The molecule has 8 heteroatoms. The Morgan fingerprint density at radius 2 is 2.07 bits per heavy atom. The number of amides is 1. The molecule has 2 aliphatic heterocycles. The molecule has 7 nitrogen and oxygen atoms in total. The van der Waals surface area contributed by atoms with Gasteiger partial charge in [-0.3, -0.25) is 4.99 Å². The lowest BCUT2D eigenvalue weighted by Gasteiger charge is -2.35. The number of carbonyl (C=O) groups excluding carboxylic acids is 1. The van der Waals surface area contributed by atoms with Gasteiger partial charge in [0.05, 0.1) is 6.61 Å². The van der Waals surface area contributed by atoms with Crippen LogP contribution in [0, 0.1) is 11.8 Å².